The molecule has 0 N–H and O–H groups in total. The molecule has 1 unspecified atom stereocenters. The van der Waals surface area contributed by atoms with Crippen LogP contribution in [0.4, 0.5) is 0 Å². The molecule has 16 heavy (non-hydrogen) atoms. The summed E-state index contributed by atoms with van der Waals surface area (Å²) < 4.78 is 0. The largest absolute Gasteiger partial charge is 0.0658 e. The van der Waals surface area contributed by atoms with Crippen molar-refractivity contribution in [2.45, 2.75) is 40.2 Å². The average molecular weight is 261 g/mol. The van der Waals surface area contributed by atoms with Gasteiger partial charge >= 0.3 is 0 Å². The minimum absolute atomic E-state index is 0. The van der Waals surface area contributed by atoms with Gasteiger partial charge in [0.05, 0.1) is 0 Å². The van der Waals surface area contributed by atoms with E-state index in [1.165, 1.54) is 39.0 Å². The van der Waals surface area contributed by atoms with Crippen LogP contribution < -0.4 is 0 Å². The van der Waals surface area contributed by atoms with Crippen molar-refractivity contribution in [3.05, 3.63) is 39.5 Å². The molecule has 0 spiro atoms. The molecule has 0 fully saturated rings. The number of rotatable bonds is 0. The molecular formula is C14H17SiTi. The van der Waals surface area contributed by atoms with Crippen LogP contribution in [0.2, 0.25) is 0 Å². The van der Waals surface area contributed by atoms with Crippen LogP contribution in [0.1, 0.15) is 47.2 Å². The van der Waals surface area contributed by atoms with Crippen LogP contribution in [-0.2, 0) is 21.7 Å². The number of fused-ring (bicyclic) bond motifs is 1. The van der Waals surface area contributed by atoms with Crippen molar-refractivity contribution in [1.29, 1.82) is 0 Å². The number of hydrogen-bond donors (Lipinski definition) is 0. The summed E-state index contributed by atoms with van der Waals surface area (Å²) in [6.45, 7) is 11.1. The molecule has 0 aliphatic heterocycles. The van der Waals surface area contributed by atoms with Gasteiger partial charge in [-0.1, -0.05) is 11.6 Å². The molecule has 0 bridgehead atoms. The third-order valence-corrected chi connectivity index (χ3v) is 4.50. The van der Waals surface area contributed by atoms with Gasteiger partial charge < -0.3 is 0 Å². The Morgan fingerprint density at radius 1 is 1.00 bits per heavy atom. The molecule has 0 amide bonds. The van der Waals surface area contributed by atoms with Crippen LogP contribution in [-0.4, -0.2) is 10.2 Å². The fourth-order valence-electron chi connectivity index (χ4n) is 2.61. The van der Waals surface area contributed by atoms with Crippen molar-refractivity contribution in [2.75, 3.05) is 0 Å². The Balaban J connectivity index is 0.00000128. The van der Waals surface area contributed by atoms with E-state index >= 15 is 0 Å². The SMILES string of the molecule is CC1=C(C)C([Si])c2c(C)c(C)cc(C)c21.[Ti]. The number of allylic oxidation sites excluding steroid dienone is 2. The zero-order chi connectivity index (χ0) is 11.3. The predicted octanol–water partition coefficient (Wildman–Crippen LogP) is 3.63. The maximum absolute atomic E-state index is 3.86. The molecule has 81 valence electrons. The Morgan fingerprint density at radius 2 is 1.56 bits per heavy atom. The van der Waals surface area contributed by atoms with Crippen molar-refractivity contribution in [3.8, 4) is 0 Å². The van der Waals surface area contributed by atoms with Crippen molar-refractivity contribution in [3.63, 3.8) is 0 Å². The first kappa shape index (κ1) is 14.0. The van der Waals surface area contributed by atoms with E-state index in [4.69, 9.17) is 0 Å². The van der Waals surface area contributed by atoms with Gasteiger partial charge in [-0.05, 0) is 73.6 Å². The third kappa shape index (κ3) is 1.79. The molecule has 0 saturated carbocycles. The smallest absolute Gasteiger partial charge is 0.0392 e. The average Bonchev–Trinajstić information content (AvgIpc) is 2.40. The van der Waals surface area contributed by atoms with E-state index in [1.54, 1.807) is 0 Å². The Bertz CT molecular complexity index is 472. The Morgan fingerprint density at radius 3 is 2.12 bits per heavy atom. The van der Waals surface area contributed by atoms with Crippen LogP contribution in [0.15, 0.2) is 11.6 Å². The zero-order valence-electron chi connectivity index (χ0n) is 10.7. The molecule has 2 rings (SSSR count). The second kappa shape index (κ2) is 4.64. The van der Waals surface area contributed by atoms with Gasteiger partial charge in [-0.15, -0.1) is 0 Å². The molecule has 3 radical (unpaired) electrons. The van der Waals surface area contributed by atoms with E-state index in [0.717, 1.165) is 0 Å². The topological polar surface area (TPSA) is 0 Å². The monoisotopic (exact) mass is 261 g/mol. The summed E-state index contributed by atoms with van der Waals surface area (Å²) in [4.78, 5) is 0. The molecule has 0 nitrogen and oxygen atoms in total. The minimum atomic E-state index is 0. The molecular weight excluding hydrogens is 244 g/mol. The van der Waals surface area contributed by atoms with Crippen molar-refractivity contribution in [2.24, 2.45) is 0 Å². The number of aryl methyl sites for hydroxylation is 2. The molecule has 2 heteroatoms. The predicted molar refractivity (Wildman–Crippen MR) is 67.4 cm³/mol. The molecule has 1 aromatic rings. The molecule has 1 aliphatic carbocycles. The summed E-state index contributed by atoms with van der Waals surface area (Å²) in [7, 11) is 3.86. The normalized spacial score (nSPS) is 18.5. The molecule has 1 atom stereocenters. The maximum Gasteiger partial charge on any atom is 0.0392 e. The quantitative estimate of drug-likeness (QED) is 0.626. The van der Waals surface area contributed by atoms with Crippen LogP contribution in [0.3, 0.4) is 0 Å². The maximum atomic E-state index is 3.86. The van der Waals surface area contributed by atoms with Gasteiger partial charge in [0.15, 0.2) is 0 Å². The van der Waals surface area contributed by atoms with E-state index in [-0.39, 0.29) is 21.7 Å². The first-order chi connectivity index (χ1) is 6.95. The van der Waals surface area contributed by atoms with E-state index < -0.39 is 0 Å². The van der Waals surface area contributed by atoms with Gasteiger partial charge in [-0.2, -0.15) is 0 Å². The van der Waals surface area contributed by atoms with Gasteiger partial charge in [0.2, 0.25) is 0 Å². The standard InChI is InChI=1S/C14H17Si.Ti/c1-7-6-8(2)12-10(4)11(5)14(15)13(12)9(7)3;/h6,14H,1-5H3;. The Kier molecular flexibility index (Phi) is 4.04. The first-order valence-corrected chi connectivity index (χ1v) is 6.02. The van der Waals surface area contributed by atoms with Crippen LogP contribution >= 0.6 is 0 Å². The summed E-state index contributed by atoms with van der Waals surface area (Å²) in [6, 6.07) is 2.30. The van der Waals surface area contributed by atoms with Crippen molar-refractivity contribution in [1.82, 2.24) is 0 Å². The summed E-state index contributed by atoms with van der Waals surface area (Å²) >= 11 is 0. The third-order valence-electron chi connectivity index (χ3n) is 3.78. The minimum Gasteiger partial charge on any atom is -0.0658 e. The number of benzene rings is 1. The first-order valence-electron chi connectivity index (χ1n) is 5.44. The fourth-order valence-corrected chi connectivity index (χ4v) is 3.18. The van der Waals surface area contributed by atoms with E-state index in [2.05, 4.69) is 50.9 Å². The van der Waals surface area contributed by atoms with Gasteiger partial charge in [-0.25, -0.2) is 0 Å². The molecule has 1 aliphatic rings. The second-order valence-corrected chi connectivity index (χ2v) is 5.24. The number of hydrogen-bond acceptors (Lipinski definition) is 0. The van der Waals surface area contributed by atoms with Crippen LogP contribution in [0.25, 0.3) is 5.57 Å². The summed E-state index contributed by atoms with van der Waals surface area (Å²) in [5.41, 5.74) is 10.5. The van der Waals surface area contributed by atoms with E-state index in [1.807, 2.05) is 0 Å². The van der Waals surface area contributed by atoms with E-state index in [0.29, 0.717) is 5.54 Å². The van der Waals surface area contributed by atoms with Gasteiger partial charge in [-0.3, -0.25) is 0 Å². The zero-order valence-corrected chi connectivity index (χ0v) is 13.2. The van der Waals surface area contributed by atoms with Gasteiger partial charge in [0, 0.05) is 32.0 Å². The molecule has 0 heterocycles. The Labute approximate surface area is 117 Å². The fraction of sp³-hybridized carbons (Fsp3) is 0.429. The van der Waals surface area contributed by atoms with Crippen molar-refractivity contribution >= 4 is 15.8 Å². The Hall–Kier alpha value is -0.109. The summed E-state index contributed by atoms with van der Waals surface area (Å²) in [6.07, 6.45) is 0. The van der Waals surface area contributed by atoms with Crippen LogP contribution in [0.5, 0.6) is 0 Å². The molecule has 1 aromatic carbocycles. The van der Waals surface area contributed by atoms with Crippen molar-refractivity contribution < 1.29 is 21.7 Å². The van der Waals surface area contributed by atoms with Gasteiger partial charge in [0.1, 0.15) is 0 Å². The van der Waals surface area contributed by atoms with E-state index in [9.17, 15) is 0 Å². The van der Waals surface area contributed by atoms with Gasteiger partial charge in [0.25, 0.3) is 0 Å². The summed E-state index contributed by atoms with van der Waals surface area (Å²) in [5, 5.41) is 0. The van der Waals surface area contributed by atoms with Crippen LogP contribution in [0, 0.1) is 20.8 Å². The molecule has 0 aromatic heterocycles. The summed E-state index contributed by atoms with van der Waals surface area (Å²) in [5.74, 6) is 0. The second-order valence-electron chi connectivity index (χ2n) is 4.67. The molecule has 0 saturated heterocycles.